The Hall–Kier alpha value is -0.770. The quantitative estimate of drug-likeness (QED) is 0.403. The number of hydrogen-bond acceptors (Lipinski definition) is 4. The normalized spacial score (nSPS) is 27.1. The van der Waals surface area contributed by atoms with Gasteiger partial charge in [0.15, 0.2) is 5.78 Å². The van der Waals surface area contributed by atoms with E-state index in [9.17, 15) is 9.59 Å². The Morgan fingerprint density at radius 3 is 3.00 bits per heavy atom. The summed E-state index contributed by atoms with van der Waals surface area (Å²) in [6.07, 6.45) is 2.38. The van der Waals surface area contributed by atoms with E-state index in [1.165, 1.54) is 7.11 Å². The number of rotatable bonds is 3. The molecule has 0 spiro atoms. The number of ether oxygens (including phenoxy) is 1. The van der Waals surface area contributed by atoms with Crippen LogP contribution in [0.3, 0.4) is 0 Å². The second-order valence-electron chi connectivity index (χ2n) is 3.24. The number of methoxy groups -OCH3 is 1. The Labute approximate surface area is 87.9 Å². The first-order valence-corrected chi connectivity index (χ1v) is 5.66. The molecule has 1 aliphatic heterocycles. The van der Waals surface area contributed by atoms with Gasteiger partial charge in [-0.05, 0) is 6.42 Å². The molecule has 1 saturated heterocycles. The lowest BCUT2D eigenvalue weighted by molar-refractivity contribution is -0.149. The van der Waals surface area contributed by atoms with Crippen molar-refractivity contribution in [1.82, 2.24) is 0 Å². The summed E-state index contributed by atoms with van der Waals surface area (Å²) in [5.41, 5.74) is 0. The number of hydrogen-bond donors (Lipinski definition) is 0. The number of carbonyl (C=O) groups excluding carboxylic acids is 2. The van der Waals surface area contributed by atoms with E-state index in [1.807, 2.05) is 0 Å². The Balaban J connectivity index is 2.65. The largest absolute Gasteiger partial charge is 0.468 e. The number of thioether (sulfide) groups is 1. The van der Waals surface area contributed by atoms with Gasteiger partial charge >= 0.3 is 5.97 Å². The number of esters is 1. The third-order valence-electron chi connectivity index (χ3n) is 2.29. The maximum atomic E-state index is 11.8. The average Bonchev–Trinajstić information content (AvgIpc) is 2.20. The van der Waals surface area contributed by atoms with E-state index >= 15 is 0 Å². The maximum absolute atomic E-state index is 11.8. The Morgan fingerprint density at radius 2 is 2.43 bits per heavy atom. The number of allylic oxidation sites excluding steroid dienone is 1. The summed E-state index contributed by atoms with van der Waals surface area (Å²) in [4.78, 5) is 23.0. The van der Waals surface area contributed by atoms with Crippen molar-refractivity contribution in [2.75, 3.05) is 18.6 Å². The van der Waals surface area contributed by atoms with Gasteiger partial charge in [-0.2, -0.15) is 11.8 Å². The highest BCUT2D eigenvalue weighted by Gasteiger charge is 2.36. The third kappa shape index (κ3) is 2.38. The minimum absolute atomic E-state index is 0.00972. The van der Waals surface area contributed by atoms with Gasteiger partial charge in [-0.1, -0.05) is 6.08 Å². The SMILES string of the molecule is C=CCC1CSCC(C(=O)OC)C1=O. The molecule has 1 heterocycles. The fourth-order valence-corrected chi connectivity index (χ4v) is 2.75. The maximum Gasteiger partial charge on any atom is 0.317 e. The summed E-state index contributed by atoms with van der Waals surface area (Å²) < 4.78 is 4.59. The molecule has 0 bridgehead atoms. The highest BCUT2D eigenvalue weighted by atomic mass is 32.2. The van der Waals surface area contributed by atoms with Crippen LogP contribution in [0.2, 0.25) is 0 Å². The summed E-state index contributed by atoms with van der Waals surface area (Å²) >= 11 is 1.63. The van der Waals surface area contributed by atoms with Crippen LogP contribution in [0.25, 0.3) is 0 Å². The first-order chi connectivity index (χ1) is 6.70. The Morgan fingerprint density at radius 1 is 1.71 bits per heavy atom. The van der Waals surface area contributed by atoms with Gasteiger partial charge in [-0.25, -0.2) is 0 Å². The average molecular weight is 214 g/mol. The molecule has 2 unspecified atom stereocenters. The van der Waals surface area contributed by atoms with Gasteiger partial charge < -0.3 is 4.74 Å². The first kappa shape index (κ1) is 11.3. The molecule has 78 valence electrons. The van der Waals surface area contributed by atoms with Crippen molar-refractivity contribution in [2.24, 2.45) is 11.8 Å². The van der Waals surface area contributed by atoms with Gasteiger partial charge in [0.1, 0.15) is 5.92 Å². The predicted octanol–water partition coefficient (Wildman–Crippen LogP) is 1.28. The second-order valence-corrected chi connectivity index (χ2v) is 4.31. The van der Waals surface area contributed by atoms with E-state index in [0.29, 0.717) is 12.2 Å². The number of Topliss-reactive ketones (excluding diaryl/α,β-unsaturated/α-hetero) is 1. The zero-order valence-corrected chi connectivity index (χ0v) is 9.01. The van der Waals surface area contributed by atoms with Crippen LogP contribution in [0.5, 0.6) is 0 Å². The van der Waals surface area contributed by atoms with Gasteiger partial charge in [0.2, 0.25) is 0 Å². The van der Waals surface area contributed by atoms with Gasteiger partial charge in [0.05, 0.1) is 7.11 Å². The molecule has 0 amide bonds. The molecule has 0 aliphatic carbocycles. The molecule has 1 aliphatic rings. The van der Waals surface area contributed by atoms with Gasteiger partial charge in [0.25, 0.3) is 0 Å². The predicted molar refractivity (Wildman–Crippen MR) is 56.1 cm³/mol. The molecule has 3 nitrogen and oxygen atoms in total. The Bertz CT molecular complexity index is 250. The van der Waals surface area contributed by atoms with Crippen LogP contribution in [0.4, 0.5) is 0 Å². The van der Waals surface area contributed by atoms with Crippen molar-refractivity contribution in [3.63, 3.8) is 0 Å². The lowest BCUT2D eigenvalue weighted by Gasteiger charge is -2.24. The Kier molecular flexibility index (Phi) is 4.20. The van der Waals surface area contributed by atoms with E-state index in [4.69, 9.17) is 0 Å². The zero-order chi connectivity index (χ0) is 10.6. The lowest BCUT2D eigenvalue weighted by atomic mass is 9.92. The highest BCUT2D eigenvalue weighted by molar-refractivity contribution is 7.99. The van der Waals surface area contributed by atoms with Gasteiger partial charge in [-0.15, -0.1) is 6.58 Å². The van der Waals surface area contributed by atoms with Gasteiger partial charge in [-0.3, -0.25) is 9.59 Å². The topological polar surface area (TPSA) is 43.4 Å². The van der Waals surface area contributed by atoms with Crippen LogP contribution in [0.15, 0.2) is 12.7 Å². The van der Waals surface area contributed by atoms with Crippen molar-refractivity contribution in [3.05, 3.63) is 12.7 Å². The minimum Gasteiger partial charge on any atom is -0.468 e. The summed E-state index contributed by atoms with van der Waals surface area (Å²) in [6.45, 7) is 3.60. The van der Waals surface area contributed by atoms with Crippen LogP contribution in [0, 0.1) is 11.8 Å². The molecule has 4 heteroatoms. The fraction of sp³-hybridized carbons (Fsp3) is 0.600. The van der Waals surface area contributed by atoms with Gasteiger partial charge in [0, 0.05) is 17.4 Å². The summed E-state index contributed by atoms with van der Waals surface area (Å²) in [6, 6.07) is 0. The minimum atomic E-state index is -0.566. The summed E-state index contributed by atoms with van der Waals surface area (Å²) in [7, 11) is 1.32. The third-order valence-corrected chi connectivity index (χ3v) is 3.49. The molecule has 0 aromatic heterocycles. The molecule has 14 heavy (non-hydrogen) atoms. The van der Waals surface area contributed by atoms with Crippen LogP contribution in [0.1, 0.15) is 6.42 Å². The molecule has 0 aromatic carbocycles. The van der Waals surface area contributed by atoms with Crippen LogP contribution >= 0.6 is 11.8 Å². The van der Waals surface area contributed by atoms with Crippen molar-refractivity contribution < 1.29 is 14.3 Å². The number of ketones is 1. The van der Waals surface area contributed by atoms with Crippen molar-refractivity contribution in [2.45, 2.75) is 6.42 Å². The van der Waals surface area contributed by atoms with Crippen molar-refractivity contribution in [1.29, 1.82) is 0 Å². The second kappa shape index (κ2) is 5.20. The standard InChI is InChI=1S/C10H14O3S/c1-3-4-7-5-14-6-8(9(7)11)10(12)13-2/h3,7-8H,1,4-6H2,2H3. The van der Waals surface area contributed by atoms with Crippen LogP contribution in [-0.4, -0.2) is 30.4 Å². The molecule has 2 atom stereocenters. The van der Waals surface area contributed by atoms with Crippen molar-refractivity contribution >= 4 is 23.5 Å². The van der Waals surface area contributed by atoms with E-state index in [2.05, 4.69) is 11.3 Å². The molecular weight excluding hydrogens is 200 g/mol. The van der Waals surface area contributed by atoms with Crippen LogP contribution < -0.4 is 0 Å². The smallest absolute Gasteiger partial charge is 0.317 e. The molecule has 0 saturated carbocycles. The van der Waals surface area contributed by atoms with E-state index < -0.39 is 11.9 Å². The molecule has 0 radical (unpaired) electrons. The molecule has 0 aromatic rings. The lowest BCUT2D eigenvalue weighted by Crippen LogP contribution is -2.37. The number of carbonyl (C=O) groups is 2. The summed E-state index contributed by atoms with van der Waals surface area (Å²) in [5, 5.41) is 0. The van der Waals surface area contributed by atoms with E-state index in [0.717, 1.165) is 5.75 Å². The van der Waals surface area contributed by atoms with E-state index in [1.54, 1.807) is 17.8 Å². The fourth-order valence-electron chi connectivity index (χ4n) is 1.49. The first-order valence-electron chi connectivity index (χ1n) is 4.51. The molecule has 0 N–H and O–H groups in total. The van der Waals surface area contributed by atoms with E-state index in [-0.39, 0.29) is 11.7 Å². The highest BCUT2D eigenvalue weighted by Crippen LogP contribution is 2.27. The van der Waals surface area contributed by atoms with Crippen molar-refractivity contribution in [3.8, 4) is 0 Å². The molecule has 1 fully saturated rings. The monoisotopic (exact) mass is 214 g/mol. The molecule has 1 rings (SSSR count). The zero-order valence-electron chi connectivity index (χ0n) is 8.19. The van der Waals surface area contributed by atoms with Crippen LogP contribution in [-0.2, 0) is 14.3 Å². The summed E-state index contributed by atoms with van der Waals surface area (Å²) in [5.74, 6) is 0.322. The molecular formula is C10H14O3S.